The molecule has 3 amide bonds. The third-order valence-electron chi connectivity index (χ3n) is 5.27. The molecule has 5 N–H and O–H groups in total. The normalized spacial score (nSPS) is 12.2. The Morgan fingerprint density at radius 2 is 1.82 bits per heavy atom. The van der Waals surface area contributed by atoms with E-state index in [9.17, 15) is 19.2 Å². The van der Waals surface area contributed by atoms with Gasteiger partial charge in [-0.3, -0.25) is 14.4 Å². The summed E-state index contributed by atoms with van der Waals surface area (Å²) in [7, 11) is 1.72. The van der Waals surface area contributed by atoms with Crippen LogP contribution in [0.4, 0.5) is 0 Å². The van der Waals surface area contributed by atoms with Crippen LogP contribution >= 0.6 is 11.8 Å². The van der Waals surface area contributed by atoms with Gasteiger partial charge in [-0.1, -0.05) is 39.0 Å². The molecule has 1 unspecified atom stereocenters. The fraction of sp³-hybridized carbons (Fsp3) is 0.500. The summed E-state index contributed by atoms with van der Waals surface area (Å²) in [6.45, 7) is 6.25. The molecule has 186 valence electrons. The minimum Gasteiger partial charge on any atom is -0.354 e. The van der Waals surface area contributed by atoms with Crippen LogP contribution < -0.4 is 21.3 Å². The van der Waals surface area contributed by atoms with Crippen LogP contribution in [-0.2, 0) is 25.6 Å². The zero-order valence-electron chi connectivity index (χ0n) is 20.2. The summed E-state index contributed by atoms with van der Waals surface area (Å²) in [6.07, 6.45) is 1.48. The second kappa shape index (κ2) is 13.1. The lowest BCUT2D eigenvalue weighted by Gasteiger charge is -2.29. The van der Waals surface area contributed by atoms with Gasteiger partial charge in [-0.15, -0.1) is 11.8 Å². The summed E-state index contributed by atoms with van der Waals surface area (Å²) < 4.78 is 0. The average Bonchev–Trinajstić information content (AvgIpc) is 3.14. The standard InChI is InChI=1S/C24H35N5O4S/c1-24(2,3)21(25-4)22(33)28-15-20(32)27-12-14-34-23-17(9-10-19(31)26-11-13-30)16-7-5-6-8-18(16)29-23/h5-8,13,21,25,29H,9-12,14-15H2,1-4H3,(H,26,31)(H,27,32)(H,28,33). The number of carbonyl (C=O) groups is 4. The smallest absolute Gasteiger partial charge is 0.239 e. The van der Waals surface area contributed by atoms with E-state index >= 15 is 0 Å². The highest BCUT2D eigenvalue weighted by atomic mass is 32.2. The number of likely N-dealkylation sites (N-methyl/N-ethyl adjacent to an activating group) is 1. The number of amides is 3. The van der Waals surface area contributed by atoms with Crippen molar-refractivity contribution in [3.8, 4) is 0 Å². The van der Waals surface area contributed by atoms with E-state index in [1.165, 1.54) is 0 Å². The molecule has 0 saturated heterocycles. The average molecular weight is 490 g/mol. The number of H-pyrrole nitrogens is 1. The first-order valence-corrected chi connectivity index (χ1v) is 12.3. The highest BCUT2D eigenvalue weighted by molar-refractivity contribution is 7.99. The van der Waals surface area contributed by atoms with E-state index in [4.69, 9.17) is 0 Å². The third-order valence-corrected chi connectivity index (χ3v) is 6.32. The van der Waals surface area contributed by atoms with Gasteiger partial charge in [0.25, 0.3) is 0 Å². The number of aldehydes is 1. The Hall–Kier alpha value is -2.85. The van der Waals surface area contributed by atoms with Crippen molar-refractivity contribution >= 4 is 46.7 Å². The number of hydrogen-bond donors (Lipinski definition) is 5. The summed E-state index contributed by atoms with van der Waals surface area (Å²) in [5.41, 5.74) is 1.76. The fourth-order valence-electron chi connectivity index (χ4n) is 3.66. The van der Waals surface area contributed by atoms with Gasteiger partial charge in [0, 0.05) is 29.6 Å². The quantitative estimate of drug-likeness (QED) is 0.164. The topological polar surface area (TPSA) is 132 Å². The Balaban J connectivity index is 1.86. The second-order valence-electron chi connectivity index (χ2n) is 8.95. The number of nitrogens with one attached hydrogen (secondary N) is 5. The monoisotopic (exact) mass is 489 g/mol. The van der Waals surface area contributed by atoms with Crippen LogP contribution in [0.1, 0.15) is 32.8 Å². The fourth-order valence-corrected chi connectivity index (χ4v) is 4.64. The van der Waals surface area contributed by atoms with Gasteiger partial charge in [0.15, 0.2) is 0 Å². The molecule has 0 bridgehead atoms. The number of rotatable bonds is 13. The van der Waals surface area contributed by atoms with Crippen LogP contribution in [-0.4, -0.2) is 67.5 Å². The number of thioether (sulfide) groups is 1. The first-order valence-electron chi connectivity index (χ1n) is 11.3. The molecule has 0 saturated carbocycles. The number of benzene rings is 1. The van der Waals surface area contributed by atoms with E-state index in [0.717, 1.165) is 21.5 Å². The van der Waals surface area contributed by atoms with Crippen molar-refractivity contribution in [2.24, 2.45) is 5.41 Å². The third kappa shape index (κ3) is 8.18. The number of hydrogen-bond acceptors (Lipinski definition) is 6. The SMILES string of the molecule is CNC(C(=O)NCC(=O)NCCSc1[nH]c2ccccc2c1CCC(=O)NCC=O)C(C)(C)C. The zero-order valence-corrected chi connectivity index (χ0v) is 21.1. The number of carbonyl (C=O) groups excluding carboxylic acids is 4. The molecular weight excluding hydrogens is 454 g/mol. The molecule has 1 aromatic carbocycles. The molecule has 1 heterocycles. The number of aromatic amines is 1. The van der Waals surface area contributed by atoms with Gasteiger partial charge in [0.05, 0.1) is 24.2 Å². The largest absolute Gasteiger partial charge is 0.354 e. The molecule has 0 spiro atoms. The van der Waals surface area contributed by atoms with E-state index in [1.54, 1.807) is 18.8 Å². The van der Waals surface area contributed by atoms with Crippen molar-refractivity contribution in [1.29, 1.82) is 0 Å². The lowest BCUT2D eigenvalue weighted by Crippen LogP contribution is -2.52. The lowest BCUT2D eigenvalue weighted by atomic mass is 9.86. The van der Waals surface area contributed by atoms with Crippen molar-refractivity contribution in [1.82, 2.24) is 26.3 Å². The molecule has 0 radical (unpaired) electrons. The number of fused-ring (bicyclic) bond motifs is 1. The maximum atomic E-state index is 12.3. The first-order chi connectivity index (χ1) is 16.2. The molecular formula is C24H35N5O4S. The molecule has 9 nitrogen and oxygen atoms in total. The summed E-state index contributed by atoms with van der Waals surface area (Å²) in [5, 5.41) is 13.1. The lowest BCUT2D eigenvalue weighted by molar-refractivity contribution is -0.128. The Morgan fingerprint density at radius 3 is 2.50 bits per heavy atom. The van der Waals surface area contributed by atoms with Crippen molar-refractivity contribution in [2.45, 2.75) is 44.7 Å². The highest BCUT2D eigenvalue weighted by Crippen LogP contribution is 2.30. The Kier molecular flexibility index (Phi) is 10.6. The number of para-hydroxylation sites is 1. The zero-order chi connectivity index (χ0) is 25.1. The Bertz CT molecular complexity index is 999. The van der Waals surface area contributed by atoms with Crippen molar-refractivity contribution in [3.63, 3.8) is 0 Å². The van der Waals surface area contributed by atoms with Crippen LogP contribution in [0.5, 0.6) is 0 Å². The van der Waals surface area contributed by atoms with Crippen LogP contribution in [0.25, 0.3) is 10.9 Å². The van der Waals surface area contributed by atoms with Gasteiger partial charge in [-0.25, -0.2) is 0 Å². The van der Waals surface area contributed by atoms with Gasteiger partial charge in [0.2, 0.25) is 17.7 Å². The molecule has 0 aliphatic heterocycles. The van der Waals surface area contributed by atoms with Crippen molar-refractivity contribution in [2.75, 3.05) is 32.4 Å². The van der Waals surface area contributed by atoms with Gasteiger partial charge in [-0.2, -0.15) is 0 Å². The Labute approximate surface area is 204 Å². The van der Waals surface area contributed by atoms with Crippen LogP contribution in [0.3, 0.4) is 0 Å². The van der Waals surface area contributed by atoms with E-state index in [2.05, 4.69) is 26.3 Å². The Morgan fingerprint density at radius 1 is 1.09 bits per heavy atom. The van der Waals surface area contributed by atoms with Crippen molar-refractivity contribution in [3.05, 3.63) is 29.8 Å². The summed E-state index contributed by atoms with van der Waals surface area (Å²) in [5.74, 6) is -0.00620. The first kappa shape index (κ1) is 27.4. The molecule has 0 aliphatic carbocycles. The minimum atomic E-state index is -0.392. The van der Waals surface area contributed by atoms with E-state index in [0.29, 0.717) is 25.0 Å². The molecule has 1 atom stereocenters. The molecule has 10 heteroatoms. The van der Waals surface area contributed by atoms with Gasteiger partial charge >= 0.3 is 0 Å². The second-order valence-corrected chi connectivity index (χ2v) is 10.1. The predicted molar refractivity (Wildman–Crippen MR) is 135 cm³/mol. The predicted octanol–water partition coefficient (Wildman–Crippen LogP) is 1.37. The maximum Gasteiger partial charge on any atom is 0.239 e. The maximum absolute atomic E-state index is 12.3. The molecule has 2 rings (SSSR count). The van der Waals surface area contributed by atoms with Gasteiger partial charge < -0.3 is 31.0 Å². The molecule has 0 fully saturated rings. The highest BCUT2D eigenvalue weighted by Gasteiger charge is 2.29. The van der Waals surface area contributed by atoms with Crippen LogP contribution in [0, 0.1) is 5.41 Å². The summed E-state index contributed by atoms with van der Waals surface area (Å²) >= 11 is 1.57. The van der Waals surface area contributed by atoms with Gasteiger partial charge in [0.1, 0.15) is 6.29 Å². The van der Waals surface area contributed by atoms with Crippen LogP contribution in [0.2, 0.25) is 0 Å². The van der Waals surface area contributed by atoms with Crippen molar-refractivity contribution < 1.29 is 19.2 Å². The summed E-state index contributed by atoms with van der Waals surface area (Å²) in [6, 6.07) is 7.50. The van der Waals surface area contributed by atoms with Gasteiger partial charge in [-0.05, 0) is 30.5 Å². The van der Waals surface area contributed by atoms with Crippen LogP contribution in [0.15, 0.2) is 29.3 Å². The summed E-state index contributed by atoms with van der Waals surface area (Å²) in [4.78, 5) is 50.3. The number of aryl methyl sites for hydroxylation is 1. The van der Waals surface area contributed by atoms with E-state index in [1.807, 2.05) is 45.0 Å². The molecule has 2 aromatic rings. The van der Waals surface area contributed by atoms with E-state index in [-0.39, 0.29) is 42.6 Å². The molecule has 1 aromatic heterocycles. The molecule has 0 aliphatic rings. The number of aromatic nitrogens is 1. The van der Waals surface area contributed by atoms with E-state index < -0.39 is 6.04 Å². The minimum absolute atomic E-state index is 0.0142. The molecule has 34 heavy (non-hydrogen) atoms.